The highest BCUT2D eigenvalue weighted by molar-refractivity contribution is 6.02. The van der Waals surface area contributed by atoms with Crippen LogP contribution in [0.1, 0.15) is 5.56 Å². The average molecular weight is 277 g/mol. The van der Waals surface area contributed by atoms with Gasteiger partial charge in [-0.3, -0.25) is 14.9 Å². The molecule has 0 bridgehead atoms. The third kappa shape index (κ3) is 3.79. The summed E-state index contributed by atoms with van der Waals surface area (Å²) in [5.74, 6) is -0.521. The second-order valence-electron chi connectivity index (χ2n) is 4.63. The van der Waals surface area contributed by atoms with Crippen LogP contribution in [0.5, 0.6) is 0 Å². The minimum absolute atomic E-state index is 0.209. The van der Waals surface area contributed by atoms with E-state index in [1.165, 1.54) is 0 Å². The number of anilines is 1. The van der Waals surface area contributed by atoms with Crippen molar-refractivity contribution in [2.45, 2.75) is 6.54 Å². The molecule has 0 aromatic heterocycles. The van der Waals surface area contributed by atoms with Crippen LogP contribution in [0.25, 0.3) is 0 Å². The molecule has 1 heterocycles. The van der Waals surface area contributed by atoms with Crippen LogP contribution in [0.3, 0.4) is 0 Å². The highest BCUT2D eigenvalue weighted by atomic mass is 16.5. The van der Waals surface area contributed by atoms with Crippen LogP contribution in [-0.2, 0) is 20.9 Å². The predicted molar refractivity (Wildman–Crippen MR) is 75.4 cm³/mol. The van der Waals surface area contributed by atoms with Gasteiger partial charge in [0.1, 0.15) is 0 Å². The number of nitrogens with zero attached hydrogens (tertiary/aromatic N) is 1. The number of hydrogen-bond donors (Lipinski definition) is 2. The van der Waals surface area contributed by atoms with Crippen LogP contribution in [0, 0.1) is 0 Å². The molecule has 108 valence electrons. The van der Waals surface area contributed by atoms with Crippen LogP contribution in [-0.4, -0.2) is 45.2 Å². The SMILES string of the molecule is COCCNCc1ccccc1N1CC(=O)NC(=O)C1. The number of piperazine rings is 1. The van der Waals surface area contributed by atoms with Crippen molar-refractivity contribution >= 4 is 17.5 Å². The number of carbonyl (C=O) groups is 2. The minimum atomic E-state index is -0.261. The van der Waals surface area contributed by atoms with Crippen molar-refractivity contribution in [3.63, 3.8) is 0 Å². The Morgan fingerprint density at radius 3 is 2.65 bits per heavy atom. The van der Waals surface area contributed by atoms with Gasteiger partial charge in [0.2, 0.25) is 11.8 Å². The summed E-state index contributed by atoms with van der Waals surface area (Å²) in [7, 11) is 1.66. The first kappa shape index (κ1) is 14.5. The van der Waals surface area contributed by atoms with E-state index in [2.05, 4.69) is 10.6 Å². The topological polar surface area (TPSA) is 70.7 Å². The van der Waals surface area contributed by atoms with Crippen molar-refractivity contribution in [1.82, 2.24) is 10.6 Å². The smallest absolute Gasteiger partial charge is 0.246 e. The van der Waals surface area contributed by atoms with Crippen LogP contribution in [0.15, 0.2) is 24.3 Å². The number of nitrogens with one attached hydrogen (secondary N) is 2. The largest absolute Gasteiger partial charge is 0.383 e. The zero-order chi connectivity index (χ0) is 14.4. The number of methoxy groups -OCH3 is 1. The maximum absolute atomic E-state index is 11.5. The molecule has 2 rings (SSSR count). The number of imide groups is 1. The van der Waals surface area contributed by atoms with E-state index in [0.717, 1.165) is 17.8 Å². The Bertz CT molecular complexity index is 474. The number of ether oxygens (including phenoxy) is 1. The minimum Gasteiger partial charge on any atom is -0.383 e. The Morgan fingerprint density at radius 2 is 1.95 bits per heavy atom. The van der Waals surface area contributed by atoms with Gasteiger partial charge in [-0.1, -0.05) is 18.2 Å². The van der Waals surface area contributed by atoms with E-state index in [9.17, 15) is 9.59 Å². The number of hydrogen-bond acceptors (Lipinski definition) is 5. The molecule has 6 heteroatoms. The molecule has 0 spiro atoms. The van der Waals surface area contributed by atoms with E-state index < -0.39 is 0 Å². The summed E-state index contributed by atoms with van der Waals surface area (Å²) < 4.78 is 4.98. The van der Waals surface area contributed by atoms with E-state index in [0.29, 0.717) is 13.2 Å². The standard InChI is InChI=1S/C14H19N3O3/c1-20-7-6-15-8-11-4-2-3-5-12(11)17-9-13(18)16-14(19)10-17/h2-5,15H,6-10H2,1H3,(H,16,18,19). The molecule has 0 atom stereocenters. The Labute approximate surface area is 118 Å². The molecule has 0 saturated carbocycles. The lowest BCUT2D eigenvalue weighted by Gasteiger charge is -2.29. The fourth-order valence-corrected chi connectivity index (χ4v) is 2.17. The van der Waals surface area contributed by atoms with Crippen LogP contribution in [0.4, 0.5) is 5.69 Å². The molecule has 2 N–H and O–H groups in total. The highest BCUT2D eigenvalue weighted by Crippen LogP contribution is 2.20. The Kier molecular flexibility index (Phi) is 5.09. The molecule has 0 radical (unpaired) electrons. The zero-order valence-corrected chi connectivity index (χ0v) is 11.5. The van der Waals surface area contributed by atoms with E-state index in [4.69, 9.17) is 4.74 Å². The summed E-state index contributed by atoms with van der Waals surface area (Å²) in [6.07, 6.45) is 0. The molecular weight excluding hydrogens is 258 g/mol. The van der Waals surface area contributed by atoms with E-state index in [-0.39, 0.29) is 24.9 Å². The van der Waals surface area contributed by atoms with Gasteiger partial charge in [0.25, 0.3) is 0 Å². The first-order valence-corrected chi connectivity index (χ1v) is 6.56. The normalized spacial score (nSPS) is 15.3. The van der Waals surface area contributed by atoms with Crippen molar-refractivity contribution in [1.29, 1.82) is 0 Å². The van der Waals surface area contributed by atoms with Crippen LogP contribution >= 0.6 is 0 Å². The number of para-hydroxylation sites is 1. The lowest BCUT2D eigenvalue weighted by molar-refractivity contribution is -0.130. The summed E-state index contributed by atoms with van der Waals surface area (Å²) >= 11 is 0. The van der Waals surface area contributed by atoms with Crippen molar-refractivity contribution < 1.29 is 14.3 Å². The van der Waals surface area contributed by atoms with Crippen LogP contribution < -0.4 is 15.5 Å². The first-order valence-electron chi connectivity index (χ1n) is 6.56. The third-order valence-electron chi connectivity index (χ3n) is 3.08. The maximum Gasteiger partial charge on any atom is 0.246 e. The Balaban J connectivity index is 2.06. The van der Waals surface area contributed by atoms with Gasteiger partial charge in [-0.2, -0.15) is 0 Å². The lowest BCUT2D eigenvalue weighted by atomic mass is 10.1. The average Bonchev–Trinajstić information content (AvgIpc) is 2.43. The van der Waals surface area contributed by atoms with Gasteiger partial charge in [0, 0.05) is 25.9 Å². The van der Waals surface area contributed by atoms with Gasteiger partial charge in [-0.25, -0.2) is 0 Å². The molecule has 1 aromatic rings. The van der Waals surface area contributed by atoms with Crippen molar-refractivity contribution in [2.75, 3.05) is 38.3 Å². The summed E-state index contributed by atoms with van der Waals surface area (Å²) in [6, 6.07) is 7.78. The second-order valence-corrected chi connectivity index (χ2v) is 4.63. The zero-order valence-electron chi connectivity index (χ0n) is 11.5. The van der Waals surface area contributed by atoms with Crippen molar-refractivity contribution in [2.24, 2.45) is 0 Å². The van der Waals surface area contributed by atoms with Gasteiger partial charge in [-0.15, -0.1) is 0 Å². The number of rotatable bonds is 6. The molecule has 0 aliphatic carbocycles. The molecule has 20 heavy (non-hydrogen) atoms. The summed E-state index contributed by atoms with van der Waals surface area (Å²) in [6.45, 7) is 2.49. The number of benzene rings is 1. The quantitative estimate of drug-likeness (QED) is 0.560. The summed E-state index contributed by atoms with van der Waals surface area (Å²) in [4.78, 5) is 24.7. The molecule has 1 fully saturated rings. The van der Waals surface area contributed by atoms with E-state index in [1.807, 2.05) is 24.3 Å². The number of carbonyl (C=O) groups excluding carboxylic acids is 2. The molecule has 1 aromatic carbocycles. The molecule has 1 aliphatic rings. The van der Waals surface area contributed by atoms with Gasteiger partial charge in [-0.05, 0) is 11.6 Å². The van der Waals surface area contributed by atoms with Crippen LogP contribution in [0.2, 0.25) is 0 Å². The first-order chi connectivity index (χ1) is 9.70. The summed E-state index contributed by atoms with van der Waals surface area (Å²) in [5, 5.41) is 5.57. The monoisotopic (exact) mass is 277 g/mol. The molecule has 6 nitrogen and oxygen atoms in total. The van der Waals surface area contributed by atoms with Gasteiger partial charge in [0.05, 0.1) is 19.7 Å². The highest BCUT2D eigenvalue weighted by Gasteiger charge is 2.23. The van der Waals surface area contributed by atoms with Crippen molar-refractivity contribution in [3.8, 4) is 0 Å². The Morgan fingerprint density at radius 1 is 1.25 bits per heavy atom. The van der Waals surface area contributed by atoms with Gasteiger partial charge < -0.3 is 15.0 Å². The molecule has 1 saturated heterocycles. The maximum atomic E-state index is 11.5. The summed E-state index contributed by atoms with van der Waals surface area (Å²) in [5.41, 5.74) is 1.98. The predicted octanol–water partition coefficient (Wildman–Crippen LogP) is -0.115. The van der Waals surface area contributed by atoms with E-state index >= 15 is 0 Å². The fraction of sp³-hybridized carbons (Fsp3) is 0.429. The molecule has 0 unspecified atom stereocenters. The molecule has 1 aliphatic heterocycles. The second kappa shape index (κ2) is 7.02. The van der Waals surface area contributed by atoms with Crippen molar-refractivity contribution in [3.05, 3.63) is 29.8 Å². The van der Waals surface area contributed by atoms with Gasteiger partial charge in [0.15, 0.2) is 0 Å². The molecular formula is C14H19N3O3. The fourth-order valence-electron chi connectivity index (χ4n) is 2.17. The lowest BCUT2D eigenvalue weighted by Crippen LogP contribution is -2.51. The van der Waals surface area contributed by atoms with Gasteiger partial charge >= 0.3 is 0 Å². The number of amides is 2. The molecule has 2 amide bonds. The van der Waals surface area contributed by atoms with E-state index in [1.54, 1.807) is 12.0 Å². The Hall–Kier alpha value is -1.92. The third-order valence-corrected chi connectivity index (χ3v) is 3.08.